The molecule has 0 amide bonds. The van der Waals surface area contributed by atoms with Gasteiger partial charge in [0.25, 0.3) is 0 Å². The second-order valence-electron chi connectivity index (χ2n) is 6.29. The molecule has 0 saturated carbocycles. The highest BCUT2D eigenvalue weighted by Crippen LogP contribution is 2.23. The van der Waals surface area contributed by atoms with E-state index in [0.717, 1.165) is 22.5 Å². The van der Waals surface area contributed by atoms with E-state index in [1.54, 1.807) is 6.20 Å². The van der Waals surface area contributed by atoms with Gasteiger partial charge in [-0.05, 0) is 29.8 Å². The standard InChI is InChI=1S/C19H20N8/c1-27(2)15-7-3-6-14(9-15)24-19-25-16-17(22-12-23-18(16)26-19)21-11-13-5-4-8-20-10-13/h3-10,12H,11H2,1-2H3,(H3,21,22,23,24,25,26). The molecule has 3 N–H and O–H groups in total. The third-order valence-corrected chi connectivity index (χ3v) is 4.10. The number of pyridine rings is 1. The van der Waals surface area contributed by atoms with Crippen LogP contribution in [0, 0.1) is 0 Å². The molecule has 8 heteroatoms. The fraction of sp³-hybridized carbons (Fsp3) is 0.158. The van der Waals surface area contributed by atoms with Gasteiger partial charge in [0, 0.05) is 44.4 Å². The van der Waals surface area contributed by atoms with E-state index in [1.807, 2.05) is 44.6 Å². The van der Waals surface area contributed by atoms with Crippen molar-refractivity contribution in [1.29, 1.82) is 0 Å². The van der Waals surface area contributed by atoms with Crippen LogP contribution >= 0.6 is 0 Å². The molecule has 0 bridgehead atoms. The number of aromatic amines is 1. The lowest BCUT2D eigenvalue weighted by Crippen LogP contribution is -2.08. The van der Waals surface area contributed by atoms with Crippen LogP contribution in [0.1, 0.15) is 5.56 Å². The molecule has 0 saturated heterocycles. The number of hydrogen-bond donors (Lipinski definition) is 3. The van der Waals surface area contributed by atoms with Gasteiger partial charge in [0.15, 0.2) is 11.5 Å². The van der Waals surface area contributed by atoms with Crippen molar-refractivity contribution in [2.75, 3.05) is 29.6 Å². The lowest BCUT2D eigenvalue weighted by atomic mass is 10.2. The van der Waals surface area contributed by atoms with Crippen LogP contribution in [0.15, 0.2) is 55.1 Å². The molecule has 0 fully saturated rings. The monoisotopic (exact) mass is 360 g/mol. The Kier molecular flexibility index (Phi) is 4.52. The van der Waals surface area contributed by atoms with E-state index in [4.69, 9.17) is 0 Å². The van der Waals surface area contributed by atoms with Crippen molar-refractivity contribution in [2.45, 2.75) is 6.54 Å². The van der Waals surface area contributed by atoms with Crippen molar-refractivity contribution in [3.63, 3.8) is 0 Å². The maximum absolute atomic E-state index is 4.51. The van der Waals surface area contributed by atoms with Crippen molar-refractivity contribution in [3.8, 4) is 0 Å². The number of aromatic nitrogens is 5. The first-order chi connectivity index (χ1) is 13.2. The molecule has 27 heavy (non-hydrogen) atoms. The summed E-state index contributed by atoms with van der Waals surface area (Å²) < 4.78 is 0. The van der Waals surface area contributed by atoms with Crippen LogP contribution in [0.25, 0.3) is 11.2 Å². The first kappa shape index (κ1) is 16.8. The number of nitrogens with one attached hydrogen (secondary N) is 3. The first-order valence-corrected chi connectivity index (χ1v) is 8.57. The Morgan fingerprint density at radius 2 is 2.04 bits per heavy atom. The highest BCUT2D eigenvalue weighted by molar-refractivity contribution is 5.85. The van der Waals surface area contributed by atoms with Crippen LogP contribution in [0.3, 0.4) is 0 Å². The summed E-state index contributed by atoms with van der Waals surface area (Å²) in [4.78, 5) is 22.5. The van der Waals surface area contributed by atoms with Gasteiger partial charge in [-0.1, -0.05) is 12.1 Å². The van der Waals surface area contributed by atoms with Gasteiger partial charge in [0.05, 0.1) is 0 Å². The molecular formula is C19H20N8. The quantitative estimate of drug-likeness (QED) is 0.486. The van der Waals surface area contributed by atoms with Gasteiger partial charge in [0.2, 0.25) is 5.95 Å². The normalized spacial score (nSPS) is 10.7. The van der Waals surface area contributed by atoms with Gasteiger partial charge in [-0.25, -0.2) is 9.97 Å². The predicted octanol–water partition coefficient (Wildman–Crippen LogP) is 3.17. The highest BCUT2D eigenvalue weighted by atomic mass is 15.2. The largest absolute Gasteiger partial charge is 0.378 e. The molecule has 0 spiro atoms. The maximum Gasteiger partial charge on any atom is 0.207 e. The number of H-pyrrole nitrogens is 1. The second-order valence-corrected chi connectivity index (χ2v) is 6.29. The molecule has 3 heterocycles. The smallest absolute Gasteiger partial charge is 0.207 e. The maximum atomic E-state index is 4.51. The topological polar surface area (TPSA) is 94.7 Å². The SMILES string of the molecule is CN(C)c1cccc(Nc2nc3ncnc(NCc4cccnc4)c3[nH]2)c1. The van der Waals surface area contributed by atoms with E-state index in [1.165, 1.54) is 6.33 Å². The molecule has 4 aromatic rings. The lowest BCUT2D eigenvalue weighted by Gasteiger charge is -2.13. The van der Waals surface area contributed by atoms with Crippen molar-refractivity contribution >= 4 is 34.3 Å². The van der Waals surface area contributed by atoms with E-state index >= 15 is 0 Å². The van der Waals surface area contributed by atoms with Crippen LogP contribution < -0.4 is 15.5 Å². The van der Waals surface area contributed by atoms with Crippen LogP contribution in [0.5, 0.6) is 0 Å². The van der Waals surface area contributed by atoms with Crippen molar-refractivity contribution in [2.24, 2.45) is 0 Å². The molecule has 0 aliphatic carbocycles. The predicted molar refractivity (Wildman–Crippen MR) is 107 cm³/mol. The number of fused-ring (bicyclic) bond motifs is 1. The zero-order chi connectivity index (χ0) is 18.6. The molecular weight excluding hydrogens is 340 g/mol. The number of nitrogens with zero attached hydrogens (tertiary/aromatic N) is 5. The number of anilines is 4. The molecule has 1 aromatic carbocycles. The van der Waals surface area contributed by atoms with E-state index in [0.29, 0.717) is 24.0 Å². The Bertz CT molecular complexity index is 1040. The molecule has 0 radical (unpaired) electrons. The van der Waals surface area contributed by atoms with Gasteiger partial charge in [-0.15, -0.1) is 0 Å². The Hall–Kier alpha value is -3.68. The fourth-order valence-electron chi connectivity index (χ4n) is 2.71. The molecule has 8 nitrogen and oxygen atoms in total. The third kappa shape index (κ3) is 3.79. The molecule has 4 rings (SSSR count). The fourth-order valence-corrected chi connectivity index (χ4v) is 2.71. The average Bonchev–Trinajstić information content (AvgIpc) is 3.10. The number of imidazole rings is 1. The summed E-state index contributed by atoms with van der Waals surface area (Å²) in [6.45, 7) is 0.618. The zero-order valence-corrected chi connectivity index (χ0v) is 15.1. The van der Waals surface area contributed by atoms with E-state index < -0.39 is 0 Å². The van der Waals surface area contributed by atoms with E-state index in [2.05, 4.69) is 52.6 Å². The summed E-state index contributed by atoms with van der Waals surface area (Å²) in [5.41, 5.74) is 4.48. The van der Waals surface area contributed by atoms with Gasteiger partial charge in [-0.2, -0.15) is 4.98 Å². The van der Waals surface area contributed by atoms with Gasteiger partial charge >= 0.3 is 0 Å². The van der Waals surface area contributed by atoms with Crippen LogP contribution in [0.2, 0.25) is 0 Å². The van der Waals surface area contributed by atoms with E-state index in [-0.39, 0.29) is 0 Å². The molecule has 0 unspecified atom stereocenters. The molecule has 0 atom stereocenters. The first-order valence-electron chi connectivity index (χ1n) is 8.57. The summed E-state index contributed by atoms with van der Waals surface area (Å²) in [6, 6.07) is 12.0. The number of rotatable bonds is 6. The Morgan fingerprint density at radius 3 is 2.85 bits per heavy atom. The Labute approximate surface area is 156 Å². The minimum atomic E-state index is 0.602. The van der Waals surface area contributed by atoms with Crippen molar-refractivity contribution < 1.29 is 0 Å². The van der Waals surface area contributed by atoms with Gasteiger partial charge in [0.1, 0.15) is 11.8 Å². The van der Waals surface area contributed by atoms with Crippen LogP contribution in [-0.2, 0) is 6.54 Å². The summed E-state index contributed by atoms with van der Waals surface area (Å²) in [6.07, 6.45) is 5.08. The van der Waals surface area contributed by atoms with Crippen molar-refractivity contribution in [3.05, 3.63) is 60.7 Å². The third-order valence-electron chi connectivity index (χ3n) is 4.10. The summed E-state index contributed by atoms with van der Waals surface area (Å²) >= 11 is 0. The summed E-state index contributed by atoms with van der Waals surface area (Å²) in [7, 11) is 4.02. The van der Waals surface area contributed by atoms with E-state index in [9.17, 15) is 0 Å². The number of hydrogen-bond acceptors (Lipinski definition) is 7. The zero-order valence-electron chi connectivity index (χ0n) is 15.1. The summed E-state index contributed by atoms with van der Waals surface area (Å²) in [5, 5.41) is 6.60. The minimum Gasteiger partial charge on any atom is -0.378 e. The van der Waals surface area contributed by atoms with Crippen molar-refractivity contribution in [1.82, 2.24) is 24.9 Å². The Morgan fingerprint density at radius 1 is 1.11 bits per heavy atom. The van der Waals surface area contributed by atoms with Crippen LogP contribution in [0.4, 0.5) is 23.1 Å². The molecule has 0 aliphatic rings. The average molecular weight is 360 g/mol. The summed E-state index contributed by atoms with van der Waals surface area (Å²) in [5.74, 6) is 1.32. The Balaban J connectivity index is 1.56. The van der Waals surface area contributed by atoms with Crippen LogP contribution in [-0.4, -0.2) is 39.0 Å². The molecule has 0 aliphatic heterocycles. The molecule has 3 aromatic heterocycles. The van der Waals surface area contributed by atoms with Gasteiger partial charge < -0.3 is 20.5 Å². The second kappa shape index (κ2) is 7.28. The number of benzene rings is 1. The highest BCUT2D eigenvalue weighted by Gasteiger charge is 2.10. The minimum absolute atomic E-state index is 0.602. The van der Waals surface area contributed by atoms with Gasteiger partial charge in [-0.3, -0.25) is 4.98 Å². The molecule has 136 valence electrons. The lowest BCUT2D eigenvalue weighted by molar-refractivity contribution is 1.08.